The summed E-state index contributed by atoms with van der Waals surface area (Å²) in [4.78, 5) is 77.6. The van der Waals surface area contributed by atoms with Crippen molar-refractivity contribution in [3.63, 3.8) is 0 Å². The summed E-state index contributed by atoms with van der Waals surface area (Å²) in [7, 11) is 2.83. The van der Waals surface area contributed by atoms with Gasteiger partial charge in [-0.05, 0) is 197 Å². The molecule has 6 heterocycles. The Morgan fingerprint density at radius 2 is 0.885 bits per heavy atom. The van der Waals surface area contributed by atoms with E-state index in [4.69, 9.17) is 95.0 Å². The van der Waals surface area contributed by atoms with Crippen molar-refractivity contribution in [3.8, 4) is 11.5 Å². The second-order valence-electron chi connectivity index (χ2n) is 16.1. The fourth-order valence-corrected chi connectivity index (χ4v) is 10.2. The number of benzene rings is 2. The first kappa shape index (κ1) is 84.5. The van der Waals surface area contributed by atoms with Gasteiger partial charge in [0, 0.05) is 61.0 Å². The molecule has 0 aliphatic heterocycles. The Hall–Kier alpha value is -4.60. The van der Waals surface area contributed by atoms with E-state index in [1.165, 1.54) is 64.9 Å². The number of aryl methyl sites for hydroxylation is 3. The number of ketones is 2. The van der Waals surface area contributed by atoms with Crippen molar-refractivity contribution >= 4 is 167 Å². The molecule has 460 valence electrons. The van der Waals surface area contributed by atoms with Crippen LogP contribution >= 0.6 is 137 Å². The van der Waals surface area contributed by atoms with E-state index in [2.05, 4.69) is 80.4 Å². The van der Waals surface area contributed by atoms with E-state index >= 15 is 0 Å². The first-order valence-corrected chi connectivity index (χ1v) is 28.9. The number of aromatic nitrogens is 6. The Labute approximate surface area is 594 Å². The third-order valence-corrected chi connectivity index (χ3v) is 14.3. The summed E-state index contributed by atoms with van der Waals surface area (Å²) in [5, 5.41) is 21.3. The van der Waals surface area contributed by atoms with Crippen LogP contribution in [0, 0.1) is 43.1 Å². The van der Waals surface area contributed by atoms with Crippen LogP contribution in [0.25, 0.3) is 0 Å². The molecule has 8 aromatic rings. The van der Waals surface area contributed by atoms with Crippen LogP contribution in [0.1, 0.15) is 101 Å². The van der Waals surface area contributed by atoms with Crippen LogP contribution < -0.4 is 50.1 Å². The molecule has 30 heteroatoms. The fraction of sp³-hybridized carbons (Fsp3) is 0.175. The van der Waals surface area contributed by atoms with Gasteiger partial charge >= 0.3 is 41.5 Å². The molecule has 8 rings (SSSR count). The topological polar surface area (TPSA) is 290 Å². The average Bonchev–Trinajstić information content (AvgIpc) is 3.03. The Bertz CT molecular complexity index is 3230. The molecule has 0 atom stereocenters. The number of nitrogens with one attached hydrogen (secondary N) is 1. The van der Waals surface area contributed by atoms with Crippen molar-refractivity contribution in [1.29, 1.82) is 0 Å². The van der Waals surface area contributed by atoms with Crippen molar-refractivity contribution in [2.24, 2.45) is 5.73 Å². The predicted octanol–water partition coefficient (Wildman–Crippen LogP) is 12.8. The van der Waals surface area contributed by atoms with E-state index in [1.807, 2.05) is 41.6 Å². The fourth-order valence-electron chi connectivity index (χ4n) is 6.17. The number of amides is 1. The summed E-state index contributed by atoms with van der Waals surface area (Å²) in [6, 6.07) is 21.3. The zero-order valence-corrected chi connectivity index (χ0v) is 59.5. The number of rotatable bonds is 10. The van der Waals surface area contributed by atoms with Gasteiger partial charge in [0.15, 0.2) is 34.7 Å². The predicted molar refractivity (Wildman–Crippen MR) is 355 cm³/mol. The van der Waals surface area contributed by atoms with Crippen molar-refractivity contribution in [2.75, 3.05) is 14.2 Å². The van der Waals surface area contributed by atoms with Gasteiger partial charge in [0.25, 0.3) is 5.91 Å². The number of nitrogens with two attached hydrogens (primary N) is 1. The smallest absolute Gasteiger partial charge is 0.870 e. The molecule has 6 N–H and O–H groups in total. The summed E-state index contributed by atoms with van der Waals surface area (Å²) in [5.41, 5.74) is 10.4. The number of pyridine rings is 6. The average molecular weight is 1670 g/mol. The van der Waals surface area contributed by atoms with Gasteiger partial charge < -0.3 is 36.2 Å². The van der Waals surface area contributed by atoms with Crippen LogP contribution in [-0.4, -0.2) is 89.2 Å². The van der Waals surface area contributed by atoms with Gasteiger partial charge in [-0.15, -0.1) is 0 Å². The third kappa shape index (κ3) is 29.3. The van der Waals surface area contributed by atoms with Crippen LogP contribution in [0.5, 0.6) is 11.5 Å². The van der Waals surface area contributed by atoms with Gasteiger partial charge in [0.2, 0.25) is 0 Å². The summed E-state index contributed by atoms with van der Waals surface area (Å²) in [6.45, 7) is 8.78. The maximum Gasteiger partial charge on any atom is 1.00 e. The molecule has 0 saturated heterocycles. The number of Topliss-reactive ketones (excluding diaryl/α,β-unsaturated/α-hetero) is 2. The van der Waals surface area contributed by atoms with Crippen LogP contribution in [0.15, 0.2) is 116 Å². The first-order chi connectivity index (χ1) is 39.6. The third-order valence-electron chi connectivity index (χ3n) is 10.2. The second kappa shape index (κ2) is 44.0. The zero-order chi connectivity index (χ0) is 63.4. The number of ether oxygens (including phenoxy) is 2. The number of hydrogen-bond acceptors (Lipinski definition) is 15. The molecule has 0 aliphatic rings. The van der Waals surface area contributed by atoms with E-state index < -0.39 is 17.8 Å². The van der Waals surface area contributed by atoms with E-state index in [0.717, 1.165) is 23.8 Å². The number of hydrogen-bond donors (Lipinski definition) is 4. The number of carboxylic acids is 2. The van der Waals surface area contributed by atoms with Crippen LogP contribution in [0.2, 0.25) is 30.9 Å². The number of halogens is 11. The molecule has 0 bridgehead atoms. The molecule has 0 spiro atoms. The standard InChI is InChI=1S/C15H14ClFN2O2.C8H8ClNO.C8H10FNO.C7H5ClINO.C7H6ClNO2.C6H3ClINO2.C5H3ClIN.CH4.Na.H2O/c1-9-5-6-18-14(16)13(9)15(20)19-8-10-3-4-12(21-2)11(17)7-10;1-5-3-4-10-8(9)7(5)6(2)11;1-11-8-3-2-6(5-10)4-7(8)9;1-4(11)6-5(9)2-3-10-7(6)8;1-4-2-3-9-6(8)5(4)7(10)11;7-5-4(6(10)11)3(8)1-2-9-5;6-5-3-4(7)1-2-8-5;;;/h3-7H,8H2,1-2H3,(H,19,20);3-4H,1-2H3;2-4H,5,10H2,1H3;2-3H,1H3;2-3H,1H3,(H,10,11);1-2H,(H,10,11);1-3H;1H4;;1H2/q;;;;;;;;+1;/p-1. The second-order valence-corrected chi connectivity index (χ2v) is 21.9. The van der Waals surface area contributed by atoms with Crippen molar-refractivity contribution in [3.05, 3.63) is 225 Å². The Kier molecular flexibility index (Phi) is 42.7. The number of carbonyl (C=O) groups is 5. The van der Waals surface area contributed by atoms with Gasteiger partial charge in [-0.1, -0.05) is 89.2 Å². The maximum absolute atomic E-state index is 13.6. The van der Waals surface area contributed by atoms with E-state index in [9.17, 15) is 32.8 Å². The molecule has 2 aromatic carbocycles. The zero-order valence-electron chi connectivity index (χ0n) is 46.5. The molecular weight excluding hydrogens is 1610 g/mol. The number of carbonyl (C=O) groups excluding carboxylic acids is 3. The molecule has 0 unspecified atom stereocenters. The molecule has 0 aliphatic carbocycles. The largest absolute Gasteiger partial charge is 1.00 e. The quantitative estimate of drug-likeness (QED) is 0.0428. The Morgan fingerprint density at radius 1 is 0.529 bits per heavy atom. The molecule has 1 amide bonds. The maximum atomic E-state index is 13.6. The molecule has 0 fully saturated rings. The SMILES string of the molecule is C.CC(=O)c1c(C)ccnc1Cl.CC(=O)c1c(I)ccnc1Cl.COc1ccc(CN)cc1F.COc1ccc(CNC(=O)c2c(C)ccnc2Cl)cc1F.Cc1ccnc(Cl)c1C(=O)O.Clc1cc(I)ccn1.O=C(O)c1c(I)ccnc1Cl.[Na+].[OH-]. The number of aromatic carboxylic acids is 2. The minimum absolute atomic E-state index is 0. The summed E-state index contributed by atoms with van der Waals surface area (Å²) in [6.07, 6.45) is 9.33. The normalized spacial score (nSPS) is 9.46. The van der Waals surface area contributed by atoms with Gasteiger partial charge in [-0.2, -0.15) is 0 Å². The summed E-state index contributed by atoms with van der Waals surface area (Å²) >= 11 is 40.0. The van der Waals surface area contributed by atoms with Gasteiger partial charge in [-0.3, -0.25) is 14.4 Å². The number of methoxy groups -OCH3 is 2. The molecular formula is C57H54Cl6F2I3N8NaO10. The molecule has 18 nitrogen and oxygen atoms in total. The monoisotopic (exact) mass is 1660 g/mol. The van der Waals surface area contributed by atoms with E-state index in [0.29, 0.717) is 43.1 Å². The van der Waals surface area contributed by atoms with Crippen LogP contribution in [0.4, 0.5) is 8.78 Å². The van der Waals surface area contributed by atoms with Gasteiger partial charge in [0.05, 0.1) is 36.5 Å². The molecule has 0 saturated carbocycles. The number of carboxylic acid groups (broad SMARTS) is 2. The molecule has 6 aromatic heterocycles. The minimum Gasteiger partial charge on any atom is -0.870 e. The Morgan fingerprint density at radius 3 is 1.17 bits per heavy atom. The van der Waals surface area contributed by atoms with Crippen molar-refractivity contribution in [1.82, 2.24) is 35.2 Å². The van der Waals surface area contributed by atoms with E-state index in [1.54, 1.807) is 81.0 Å². The van der Waals surface area contributed by atoms with Crippen LogP contribution in [0.3, 0.4) is 0 Å². The molecule has 0 radical (unpaired) electrons. The first-order valence-electron chi connectivity index (χ1n) is 23.4. The van der Waals surface area contributed by atoms with Crippen LogP contribution in [-0.2, 0) is 13.1 Å². The summed E-state index contributed by atoms with van der Waals surface area (Å²) in [5.74, 6) is -2.95. The van der Waals surface area contributed by atoms with Crippen molar-refractivity contribution in [2.45, 2.75) is 55.1 Å². The van der Waals surface area contributed by atoms with Crippen molar-refractivity contribution < 1.29 is 87.5 Å². The number of nitrogens with zero attached hydrogens (tertiary/aromatic N) is 6. The minimum atomic E-state index is -1.05. The summed E-state index contributed by atoms with van der Waals surface area (Å²) < 4.78 is 38.5. The van der Waals surface area contributed by atoms with Gasteiger partial charge in [-0.25, -0.2) is 48.3 Å². The Balaban J connectivity index is 0. The van der Waals surface area contributed by atoms with Gasteiger partial charge in [0.1, 0.15) is 36.5 Å². The van der Waals surface area contributed by atoms with E-state index in [-0.39, 0.29) is 121 Å². The molecule has 87 heavy (non-hydrogen) atoms.